The van der Waals surface area contributed by atoms with Crippen molar-refractivity contribution in [1.82, 2.24) is 4.57 Å². The predicted octanol–water partition coefficient (Wildman–Crippen LogP) is 7.08. The van der Waals surface area contributed by atoms with Gasteiger partial charge in [-0.1, -0.05) is 48.3 Å². The van der Waals surface area contributed by atoms with Crippen LogP contribution in [0.5, 0.6) is 5.75 Å². The van der Waals surface area contributed by atoms with Crippen LogP contribution >= 0.6 is 27.5 Å². The summed E-state index contributed by atoms with van der Waals surface area (Å²) >= 11 is 9.70. The van der Waals surface area contributed by atoms with E-state index in [-0.39, 0.29) is 6.04 Å². The van der Waals surface area contributed by atoms with Gasteiger partial charge in [-0.2, -0.15) is 0 Å². The van der Waals surface area contributed by atoms with E-state index in [4.69, 9.17) is 11.6 Å². The fourth-order valence-corrected chi connectivity index (χ4v) is 2.96. The van der Waals surface area contributed by atoms with Crippen LogP contribution in [-0.4, -0.2) is 9.67 Å². The van der Waals surface area contributed by atoms with Crippen molar-refractivity contribution in [2.75, 3.05) is 0 Å². The number of phenolic OH excluding ortho intramolecular Hbond substituents is 1. The van der Waals surface area contributed by atoms with Crippen molar-refractivity contribution in [1.29, 1.82) is 0 Å². The van der Waals surface area contributed by atoms with Gasteiger partial charge in [-0.3, -0.25) is 0 Å². The Morgan fingerprint density at radius 3 is 2.58 bits per heavy atom. The minimum Gasteiger partial charge on any atom is -0.505 e. The number of allylic oxidation sites excluding steroid dienone is 1. The third-order valence-corrected chi connectivity index (χ3v) is 4.87. The first-order valence-corrected chi connectivity index (χ1v) is 9.24. The quantitative estimate of drug-likeness (QED) is 0.566. The van der Waals surface area contributed by atoms with E-state index in [1.165, 1.54) is 12.1 Å². The van der Waals surface area contributed by atoms with E-state index in [1.54, 1.807) is 0 Å². The summed E-state index contributed by atoms with van der Waals surface area (Å²) in [5, 5.41) is 10.4. The highest BCUT2D eigenvalue weighted by Crippen LogP contribution is 2.37. The number of aromatic hydroxyl groups is 1. The highest BCUT2D eigenvalue weighted by molar-refractivity contribution is 9.11. The molecule has 2 nitrogen and oxygen atoms in total. The number of halogens is 3. The van der Waals surface area contributed by atoms with E-state index in [9.17, 15) is 9.50 Å². The molecule has 0 radical (unpaired) electrons. The third-order valence-electron chi connectivity index (χ3n) is 3.75. The molecule has 1 N–H and O–H groups in total. The Balaban J connectivity index is 0.00000139. The van der Waals surface area contributed by atoms with Gasteiger partial charge in [0.2, 0.25) is 0 Å². The molecule has 24 heavy (non-hydrogen) atoms. The minimum atomic E-state index is -0.665. The van der Waals surface area contributed by atoms with E-state index in [0.29, 0.717) is 10.6 Å². The van der Waals surface area contributed by atoms with E-state index in [1.807, 2.05) is 50.6 Å². The van der Waals surface area contributed by atoms with Gasteiger partial charge in [-0.05, 0) is 54.6 Å². The maximum absolute atomic E-state index is 13.7. The van der Waals surface area contributed by atoms with Gasteiger partial charge in [0.15, 0.2) is 11.6 Å². The molecule has 0 fully saturated rings. The number of nitrogens with zero attached hydrogens (tertiary/aromatic N) is 1. The van der Waals surface area contributed by atoms with Crippen LogP contribution in [0.1, 0.15) is 57.0 Å². The Morgan fingerprint density at radius 2 is 2.00 bits per heavy atom. The molecule has 0 aliphatic heterocycles. The van der Waals surface area contributed by atoms with Crippen LogP contribution in [0.2, 0.25) is 5.02 Å². The topological polar surface area (TPSA) is 25.2 Å². The molecule has 1 unspecified atom stereocenters. The summed E-state index contributed by atoms with van der Waals surface area (Å²) in [6, 6.07) is 4.34. The van der Waals surface area contributed by atoms with E-state index in [0.717, 1.165) is 22.2 Å². The second-order valence-corrected chi connectivity index (χ2v) is 6.63. The second kappa shape index (κ2) is 9.28. The predicted molar refractivity (Wildman–Crippen MR) is 105 cm³/mol. The van der Waals surface area contributed by atoms with Gasteiger partial charge in [-0.25, -0.2) is 4.39 Å². The number of phenols is 1. The normalized spacial score (nSPS) is 12.6. The van der Waals surface area contributed by atoms with Crippen LogP contribution in [-0.2, 0) is 0 Å². The van der Waals surface area contributed by atoms with Gasteiger partial charge >= 0.3 is 0 Å². The zero-order valence-corrected chi connectivity index (χ0v) is 17.0. The van der Waals surface area contributed by atoms with Crippen LogP contribution in [0.25, 0.3) is 6.08 Å². The van der Waals surface area contributed by atoms with Crippen LogP contribution in [0, 0.1) is 12.7 Å². The average molecular weight is 417 g/mol. The molecule has 1 atom stereocenters. The summed E-state index contributed by atoms with van der Waals surface area (Å²) in [6.45, 7) is 9.96. The third kappa shape index (κ3) is 4.42. The van der Waals surface area contributed by atoms with Crippen LogP contribution in [0.4, 0.5) is 4.39 Å². The Hall–Kier alpha value is -1.26. The monoisotopic (exact) mass is 415 g/mol. The summed E-state index contributed by atoms with van der Waals surface area (Å²) in [4.78, 5) is 0. The molecule has 1 heterocycles. The molecule has 1 aromatic heterocycles. The number of hydrogen-bond donors (Lipinski definition) is 1. The molecular weight excluding hydrogens is 393 g/mol. The van der Waals surface area contributed by atoms with Gasteiger partial charge < -0.3 is 9.67 Å². The molecule has 0 aliphatic carbocycles. The maximum atomic E-state index is 13.7. The summed E-state index contributed by atoms with van der Waals surface area (Å²) in [6.07, 6.45) is 4.84. The molecule has 5 heteroatoms. The highest BCUT2D eigenvalue weighted by Gasteiger charge is 2.21. The largest absolute Gasteiger partial charge is 0.505 e. The lowest BCUT2D eigenvalue weighted by Crippen LogP contribution is -2.09. The van der Waals surface area contributed by atoms with E-state index in [2.05, 4.69) is 22.9 Å². The molecular formula is C19H24BrClFNO. The maximum Gasteiger partial charge on any atom is 0.165 e. The van der Waals surface area contributed by atoms with Crippen molar-refractivity contribution in [2.45, 2.75) is 47.1 Å². The smallest absolute Gasteiger partial charge is 0.165 e. The van der Waals surface area contributed by atoms with Gasteiger partial charge in [-0.15, -0.1) is 0 Å². The molecule has 0 saturated carbocycles. The van der Waals surface area contributed by atoms with Crippen LogP contribution in [0.3, 0.4) is 0 Å². The Morgan fingerprint density at radius 1 is 1.38 bits per heavy atom. The molecule has 2 aromatic rings. The van der Waals surface area contributed by atoms with Crippen molar-refractivity contribution in [3.63, 3.8) is 0 Å². The SMILES string of the molecule is CC.CC/C(Br)=C\c1c(C)ccn1C(C)c1c(Cl)ccc(F)c1O. The molecule has 0 spiro atoms. The molecule has 0 aliphatic rings. The fourth-order valence-electron chi connectivity index (χ4n) is 2.43. The summed E-state index contributed by atoms with van der Waals surface area (Å²) in [5.74, 6) is -1.06. The van der Waals surface area contributed by atoms with Gasteiger partial charge in [0.1, 0.15) is 0 Å². The first-order chi connectivity index (χ1) is 11.4. The lowest BCUT2D eigenvalue weighted by Gasteiger charge is -2.20. The van der Waals surface area contributed by atoms with Crippen molar-refractivity contribution in [3.8, 4) is 5.75 Å². The molecule has 132 valence electrons. The zero-order valence-electron chi connectivity index (χ0n) is 14.7. The summed E-state index contributed by atoms with van der Waals surface area (Å²) in [5.41, 5.74) is 2.49. The van der Waals surface area contributed by atoms with Crippen molar-refractivity contribution < 1.29 is 9.50 Å². The molecule has 2 rings (SSSR count). The second-order valence-electron chi connectivity index (χ2n) is 5.20. The summed E-state index contributed by atoms with van der Waals surface area (Å²) < 4.78 is 16.7. The van der Waals surface area contributed by atoms with Crippen molar-refractivity contribution >= 4 is 33.6 Å². The number of aromatic nitrogens is 1. The van der Waals surface area contributed by atoms with E-state index < -0.39 is 11.6 Å². The summed E-state index contributed by atoms with van der Waals surface area (Å²) in [7, 11) is 0. The standard InChI is InChI=1S/C17H18BrClFNO.C2H6/c1-4-12(18)9-15-10(2)7-8-21(15)11(3)16-13(19)5-6-14(20)17(16)22;1-2/h5-9,11,22H,4H2,1-3H3;1-2H3/b12-9+;. The minimum absolute atomic E-state index is 0.291. The Kier molecular flexibility index (Phi) is 8.04. The molecule has 1 aromatic carbocycles. The average Bonchev–Trinajstić information content (AvgIpc) is 2.94. The zero-order chi connectivity index (χ0) is 18.4. The lowest BCUT2D eigenvalue weighted by atomic mass is 10.1. The van der Waals surface area contributed by atoms with Crippen LogP contribution in [0.15, 0.2) is 28.9 Å². The van der Waals surface area contributed by atoms with Crippen molar-refractivity contribution in [3.05, 3.63) is 56.5 Å². The highest BCUT2D eigenvalue weighted by atomic mass is 79.9. The first kappa shape index (κ1) is 20.8. The fraction of sp³-hybridized carbons (Fsp3) is 0.368. The van der Waals surface area contributed by atoms with Gasteiger partial charge in [0, 0.05) is 22.5 Å². The first-order valence-electron chi connectivity index (χ1n) is 8.07. The van der Waals surface area contributed by atoms with Gasteiger partial charge in [0.05, 0.1) is 6.04 Å². The molecule has 0 bridgehead atoms. The number of hydrogen-bond acceptors (Lipinski definition) is 1. The molecule has 0 saturated heterocycles. The number of aryl methyl sites for hydroxylation is 1. The Bertz CT molecular complexity index is 724. The Labute approximate surface area is 157 Å². The number of rotatable bonds is 4. The van der Waals surface area contributed by atoms with Crippen LogP contribution < -0.4 is 0 Å². The van der Waals surface area contributed by atoms with E-state index >= 15 is 0 Å². The van der Waals surface area contributed by atoms with Gasteiger partial charge in [0.25, 0.3) is 0 Å². The number of benzene rings is 1. The lowest BCUT2D eigenvalue weighted by molar-refractivity contribution is 0.417. The molecule has 0 amide bonds. The van der Waals surface area contributed by atoms with Crippen molar-refractivity contribution in [2.24, 2.45) is 0 Å².